The van der Waals surface area contributed by atoms with Crippen molar-refractivity contribution in [3.05, 3.63) is 22.3 Å². The summed E-state index contributed by atoms with van der Waals surface area (Å²) in [7, 11) is 1.86. The first kappa shape index (κ1) is 13.3. The fraction of sp³-hybridized carbons (Fsp3) is 0.538. The van der Waals surface area contributed by atoms with Crippen LogP contribution < -0.4 is 5.73 Å². The van der Waals surface area contributed by atoms with E-state index in [1.807, 2.05) is 11.9 Å². The van der Waals surface area contributed by atoms with Gasteiger partial charge >= 0.3 is 0 Å². The molecule has 0 saturated heterocycles. The number of carbonyl (C=O) groups is 1. The molecule has 98 valence electrons. The van der Waals surface area contributed by atoms with E-state index >= 15 is 0 Å². The predicted molar refractivity (Wildman–Crippen MR) is 75.3 cm³/mol. The van der Waals surface area contributed by atoms with Gasteiger partial charge < -0.3 is 10.6 Å². The Morgan fingerprint density at radius 1 is 1.44 bits per heavy atom. The summed E-state index contributed by atoms with van der Waals surface area (Å²) < 4.78 is 0.775. The number of amides is 1. The van der Waals surface area contributed by atoms with Gasteiger partial charge in [-0.1, -0.05) is 19.3 Å². The van der Waals surface area contributed by atoms with Crippen LogP contribution in [-0.2, 0) is 0 Å². The summed E-state index contributed by atoms with van der Waals surface area (Å²) in [5.41, 5.74) is 6.26. The number of rotatable bonds is 2. The van der Waals surface area contributed by atoms with Crippen LogP contribution in [0, 0.1) is 0 Å². The van der Waals surface area contributed by atoms with Crippen molar-refractivity contribution in [3.63, 3.8) is 0 Å². The number of hydrogen-bond acceptors (Lipinski definition) is 3. The lowest BCUT2D eigenvalue weighted by molar-refractivity contribution is 0.0697. The Hall–Kier alpha value is -1.10. The molecule has 0 atom stereocenters. The van der Waals surface area contributed by atoms with Crippen LogP contribution in [0.1, 0.15) is 42.5 Å². The molecule has 1 aliphatic carbocycles. The Bertz CT molecular complexity index is 444. The van der Waals surface area contributed by atoms with Gasteiger partial charge in [-0.2, -0.15) is 0 Å². The maximum Gasteiger partial charge on any atom is 0.257 e. The first-order valence-corrected chi connectivity index (χ1v) is 7.07. The highest BCUT2D eigenvalue weighted by molar-refractivity contribution is 9.10. The topological polar surface area (TPSA) is 59.2 Å². The van der Waals surface area contributed by atoms with Crippen LogP contribution in [-0.4, -0.2) is 28.9 Å². The van der Waals surface area contributed by atoms with Crippen molar-refractivity contribution >= 4 is 27.7 Å². The summed E-state index contributed by atoms with van der Waals surface area (Å²) in [5.74, 6) is 0.263. The Morgan fingerprint density at radius 3 is 2.78 bits per heavy atom. The third kappa shape index (κ3) is 2.83. The summed E-state index contributed by atoms with van der Waals surface area (Å²) in [6.07, 6.45) is 7.46. The zero-order chi connectivity index (χ0) is 13.1. The molecule has 0 spiro atoms. The van der Waals surface area contributed by atoms with E-state index in [9.17, 15) is 4.79 Å². The average Bonchev–Trinajstić information content (AvgIpc) is 2.41. The van der Waals surface area contributed by atoms with E-state index in [1.54, 1.807) is 12.3 Å². The molecule has 2 N–H and O–H groups in total. The van der Waals surface area contributed by atoms with Crippen molar-refractivity contribution in [2.45, 2.75) is 38.1 Å². The van der Waals surface area contributed by atoms with Gasteiger partial charge in [0.25, 0.3) is 5.91 Å². The Kier molecular flexibility index (Phi) is 4.22. The maximum atomic E-state index is 12.4. The van der Waals surface area contributed by atoms with Gasteiger partial charge in [-0.25, -0.2) is 4.98 Å². The maximum absolute atomic E-state index is 12.4. The molecule has 2 rings (SSSR count). The number of nitrogen functional groups attached to an aromatic ring is 1. The van der Waals surface area contributed by atoms with Crippen molar-refractivity contribution in [1.29, 1.82) is 0 Å². The van der Waals surface area contributed by atoms with Gasteiger partial charge in [-0.05, 0) is 34.8 Å². The third-order valence-electron chi connectivity index (χ3n) is 3.56. The normalized spacial score (nSPS) is 16.6. The van der Waals surface area contributed by atoms with Crippen LogP contribution in [0.3, 0.4) is 0 Å². The van der Waals surface area contributed by atoms with Crippen molar-refractivity contribution in [3.8, 4) is 0 Å². The van der Waals surface area contributed by atoms with Gasteiger partial charge in [0.15, 0.2) is 0 Å². The molecule has 0 aliphatic heterocycles. The number of aromatic nitrogens is 1. The van der Waals surface area contributed by atoms with Crippen LogP contribution in [0.2, 0.25) is 0 Å². The average molecular weight is 312 g/mol. The highest BCUT2D eigenvalue weighted by Gasteiger charge is 2.24. The minimum Gasteiger partial charge on any atom is -0.383 e. The van der Waals surface area contributed by atoms with Crippen molar-refractivity contribution in [1.82, 2.24) is 9.88 Å². The van der Waals surface area contributed by atoms with E-state index in [2.05, 4.69) is 20.9 Å². The molecular formula is C13H18BrN3O. The Labute approximate surface area is 116 Å². The minimum absolute atomic E-state index is 0.0341. The molecule has 0 unspecified atom stereocenters. The van der Waals surface area contributed by atoms with Crippen molar-refractivity contribution in [2.75, 3.05) is 12.8 Å². The lowest BCUT2D eigenvalue weighted by Gasteiger charge is -2.31. The van der Waals surface area contributed by atoms with Crippen molar-refractivity contribution in [2.24, 2.45) is 0 Å². The lowest BCUT2D eigenvalue weighted by atomic mass is 9.94. The van der Waals surface area contributed by atoms with Gasteiger partial charge in [0, 0.05) is 23.8 Å². The van der Waals surface area contributed by atoms with E-state index in [0.29, 0.717) is 17.4 Å². The Morgan fingerprint density at radius 2 is 2.11 bits per heavy atom. The van der Waals surface area contributed by atoms with Gasteiger partial charge in [-0.15, -0.1) is 0 Å². The van der Waals surface area contributed by atoms with Crippen LogP contribution in [0.5, 0.6) is 0 Å². The lowest BCUT2D eigenvalue weighted by Crippen LogP contribution is -2.38. The molecule has 0 radical (unpaired) electrons. The molecule has 1 heterocycles. The molecule has 1 fully saturated rings. The van der Waals surface area contributed by atoms with E-state index in [1.165, 1.54) is 19.3 Å². The van der Waals surface area contributed by atoms with Crippen LogP contribution in [0.15, 0.2) is 16.7 Å². The number of pyridine rings is 1. The molecule has 1 aromatic heterocycles. The molecular weight excluding hydrogens is 294 g/mol. The monoisotopic (exact) mass is 311 g/mol. The molecule has 1 aliphatic rings. The zero-order valence-electron chi connectivity index (χ0n) is 10.5. The number of carbonyl (C=O) groups excluding carboxylic acids is 1. The fourth-order valence-electron chi connectivity index (χ4n) is 2.45. The zero-order valence-corrected chi connectivity index (χ0v) is 12.1. The number of nitrogens with two attached hydrogens (primary N) is 1. The minimum atomic E-state index is -0.0341. The second kappa shape index (κ2) is 5.69. The van der Waals surface area contributed by atoms with E-state index in [4.69, 9.17) is 5.73 Å². The molecule has 5 heteroatoms. The van der Waals surface area contributed by atoms with E-state index < -0.39 is 0 Å². The number of anilines is 1. The molecule has 4 nitrogen and oxygen atoms in total. The van der Waals surface area contributed by atoms with Gasteiger partial charge in [0.1, 0.15) is 5.82 Å². The Balaban J connectivity index is 2.16. The largest absolute Gasteiger partial charge is 0.383 e. The first-order chi connectivity index (χ1) is 8.59. The first-order valence-electron chi connectivity index (χ1n) is 6.28. The van der Waals surface area contributed by atoms with Gasteiger partial charge in [-0.3, -0.25) is 4.79 Å². The number of hydrogen-bond donors (Lipinski definition) is 1. The van der Waals surface area contributed by atoms with E-state index in [-0.39, 0.29) is 5.91 Å². The smallest absolute Gasteiger partial charge is 0.257 e. The summed E-state index contributed by atoms with van der Waals surface area (Å²) in [5, 5.41) is 0. The summed E-state index contributed by atoms with van der Waals surface area (Å²) in [4.78, 5) is 18.2. The standard InChI is InChI=1S/C13H18BrN3O/c1-17(10-5-3-2-4-6-10)13(18)11-7-9(14)8-16-12(11)15/h7-8,10H,2-6H2,1H3,(H2,15,16). The van der Waals surface area contributed by atoms with Gasteiger partial charge in [0.05, 0.1) is 5.56 Å². The summed E-state index contributed by atoms with van der Waals surface area (Å²) in [6.45, 7) is 0. The SMILES string of the molecule is CN(C(=O)c1cc(Br)cnc1N)C1CCCCC1. The van der Waals surface area contributed by atoms with Crippen LogP contribution in [0.25, 0.3) is 0 Å². The molecule has 18 heavy (non-hydrogen) atoms. The second-order valence-corrected chi connectivity index (χ2v) is 5.71. The summed E-state index contributed by atoms with van der Waals surface area (Å²) >= 11 is 3.32. The van der Waals surface area contributed by atoms with Crippen LogP contribution >= 0.6 is 15.9 Å². The fourth-order valence-corrected chi connectivity index (χ4v) is 2.78. The highest BCUT2D eigenvalue weighted by Crippen LogP contribution is 2.24. The third-order valence-corrected chi connectivity index (χ3v) is 3.99. The second-order valence-electron chi connectivity index (χ2n) is 4.79. The van der Waals surface area contributed by atoms with Crippen LogP contribution in [0.4, 0.5) is 5.82 Å². The molecule has 0 bridgehead atoms. The molecule has 1 saturated carbocycles. The molecule has 0 aromatic carbocycles. The van der Waals surface area contributed by atoms with E-state index in [0.717, 1.165) is 17.3 Å². The number of nitrogens with zero attached hydrogens (tertiary/aromatic N) is 2. The number of halogens is 1. The van der Waals surface area contributed by atoms with Crippen molar-refractivity contribution < 1.29 is 4.79 Å². The highest BCUT2D eigenvalue weighted by atomic mass is 79.9. The molecule has 1 amide bonds. The van der Waals surface area contributed by atoms with Gasteiger partial charge in [0.2, 0.25) is 0 Å². The molecule has 1 aromatic rings. The summed E-state index contributed by atoms with van der Waals surface area (Å²) in [6, 6.07) is 2.08. The quantitative estimate of drug-likeness (QED) is 0.913. The predicted octanol–water partition coefficient (Wildman–Crippen LogP) is 2.83.